The van der Waals surface area contributed by atoms with Gasteiger partial charge in [0.05, 0.1) is 32.6 Å². The van der Waals surface area contributed by atoms with E-state index in [2.05, 4.69) is 44.4 Å². The number of nitrogens with one attached hydrogen (secondary N) is 1. The van der Waals surface area contributed by atoms with Crippen LogP contribution < -0.4 is 15.2 Å². The highest BCUT2D eigenvalue weighted by atomic mass is 16.5. The van der Waals surface area contributed by atoms with Crippen LogP contribution in [0.4, 0.5) is 17.6 Å². The van der Waals surface area contributed by atoms with E-state index in [-0.39, 0.29) is 0 Å². The van der Waals surface area contributed by atoms with Crippen molar-refractivity contribution >= 4 is 23.8 Å². The average Bonchev–Trinajstić information content (AvgIpc) is 2.76. The summed E-state index contributed by atoms with van der Waals surface area (Å²) in [5.74, 6) is 2.29. The van der Waals surface area contributed by atoms with Crippen LogP contribution in [-0.2, 0) is 9.47 Å². The summed E-state index contributed by atoms with van der Waals surface area (Å²) in [6.07, 6.45) is 1.80. The van der Waals surface area contributed by atoms with E-state index in [0.717, 1.165) is 37.6 Å². The second-order valence-electron chi connectivity index (χ2n) is 6.89. The average molecular weight is 382 g/mol. The van der Waals surface area contributed by atoms with Crippen molar-refractivity contribution in [2.45, 2.75) is 6.92 Å². The Morgan fingerprint density at radius 1 is 0.929 bits per heavy atom. The zero-order valence-corrected chi connectivity index (χ0v) is 16.2. The topological polar surface area (TPSA) is 75.1 Å². The molecule has 0 aliphatic carbocycles. The molecule has 1 aromatic heterocycles. The second-order valence-corrected chi connectivity index (χ2v) is 6.89. The van der Waals surface area contributed by atoms with Crippen molar-refractivity contribution in [1.82, 2.24) is 9.97 Å². The van der Waals surface area contributed by atoms with Gasteiger partial charge in [-0.3, -0.25) is 5.43 Å². The van der Waals surface area contributed by atoms with E-state index < -0.39 is 0 Å². The SMILES string of the molecule is Cc1ccc(C=NNc2cc(N3CCOCC3)nc(N3CCOCC3)n2)cc1. The summed E-state index contributed by atoms with van der Waals surface area (Å²) in [6.45, 7) is 8.12. The van der Waals surface area contributed by atoms with Crippen molar-refractivity contribution in [1.29, 1.82) is 0 Å². The lowest BCUT2D eigenvalue weighted by atomic mass is 10.2. The molecular weight excluding hydrogens is 356 g/mol. The van der Waals surface area contributed by atoms with Gasteiger partial charge in [0.2, 0.25) is 5.95 Å². The molecule has 2 aromatic rings. The lowest BCUT2D eigenvalue weighted by molar-refractivity contribution is 0.121. The molecule has 28 heavy (non-hydrogen) atoms. The molecule has 4 rings (SSSR count). The Kier molecular flexibility index (Phi) is 5.98. The van der Waals surface area contributed by atoms with E-state index in [0.29, 0.717) is 38.2 Å². The maximum absolute atomic E-state index is 5.47. The summed E-state index contributed by atoms with van der Waals surface area (Å²) in [5, 5.41) is 4.36. The largest absolute Gasteiger partial charge is 0.378 e. The molecule has 2 saturated heterocycles. The summed E-state index contributed by atoms with van der Waals surface area (Å²) in [5.41, 5.74) is 5.33. The molecule has 2 fully saturated rings. The van der Waals surface area contributed by atoms with E-state index in [1.165, 1.54) is 5.56 Å². The van der Waals surface area contributed by atoms with Crippen LogP contribution in [0.3, 0.4) is 0 Å². The van der Waals surface area contributed by atoms with Crippen molar-refractivity contribution < 1.29 is 9.47 Å². The number of hydrazone groups is 1. The van der Waals surface area contributed by atoms with Crippen molar-refractivity contribution in [3.05, 3.63) is 41.5 Å². The highest BCUT2D eigenvalue weighted by Gasteiger charge is 2.19. The number of morpholine rings is 2. The van der Waals surface area contributed by atoms with E-state index in [1.807, 2.05) is 18.2 Å². The standard InChI is InChI=1S/C20H26N6O2/c1-16-2-4-17(5-3-16)15-21-24-18-14-19(25-6-10-27-11-7-25)23-20(22-18)26-8-12-28-13-9-26/h2-5,14-15H,6-13H2,1H3,(H,22,23,24). The van der Waals surface area contributed by atoms with Crippen LogP contribution >= 0.6 is 0 Å². The zero-order chi connectivity index (χ0) is 19.2. The van der Waals surface area contributed by atoms with Crippen LogP contribution in [0, 0.1) is 6.92 Å². The van der Waals surface area contributed by atoms with Crippen molar-refractivity contribution in [2.75, 3.05) is 67.8 Å². The molecule has 8 heteroatoms. The minimum absolute atomic E-state index is 0.682. The molecule has 0 atom stereocenters. The molecule has 2 aliphatic heterocycles. The third-order valence-corrected chi connectivity index (χ3v) is 4.80. The molecule has 148 valence electrons. The van der Waals surface area contributed by atoms with Gasteiger partial charge in [0.25, 0.3) is 0 Å². The summed E-state index contributed by atoms with van der Waals surface area (Å²) in [7, 11) is 0. The van der Waals surface area contributed by atoms with E-state index >= 15 is 0 Å². The predicted octanol–water partition coefficient (Wildman–Crippen LogP) is 1.90. The summed E-state index contributed by atoms with van der Waals surface area (Å²) >= 11 is 0. The predicted molar refractivity (Wildman–Crippen MR) is 110 cm³/mol. The van der Waals surface area contributed by atoms with Crippen molar-refractivity contribution in [3.8, 4) is 0 Å². The Morgan fingerprint density at radius 2 is 1.57 bits per heavy atom. The van der Waals surface area contributed by atoms with Gasteiger partial charge in [-0.2, -0.15) is 15.1 Å². The zero-order valence-electron chi connectivity index (χ0n) is 16.2. The Balaban J connectivity index is 1.54. The maximum atomic E-state index is 5.47. The van der Waals surface area contributed by atoms with Gasteiger partial charge in [-0.1, -0.05) is 29.8 Å². The molecule has 1 N–H and O–H groups in total. The minimum Gasteiger partial charge on any atom is -0.378 e. The van der Waals surface area contributed by atoms with Gasteiger partial charge in [-0.15, -0.1) is 0 Å². The lowest BCUT2D eigenvalue weighted by Crippen LogP contribution is -2.39. The van der Waals surface area contributed by atoms with Crippen molar-refractivity contribution in [3.63, 3.8) is 0 Å². The number of hydrogen-bond donors (Lipinski definition) is 1. The molecular formula is C20H26N6O2. The number of aryl methyl sites for hydroxylation is 1. The fourth-order valence-corrected chi connectivity index (χ4v) is 3.16. The first-order chi connectivity index (χ1) is 13.8. The first-order valence-electron chi connectivity index (χ1n) is 9.68. The number of rotatable bonds is 5. The fraction of sp³-hybridized carbons (Fsp3) is 0.450. The van der Waals surface area contributed by atoms with Gasteiger partial charge in [-0.25, -0.2) is 0 Å². The smallest absolute Gasteiger partial charge is 0.229 e. The van der Waals surface area contributed by atoms with Crippen LogP contribution in [0.15, 0.2) is 35.4 Å². The third kappa shape index (κ3) is 4.76. The Bertz CT molecular complexity index is 763. The number of benzene rings is 1. The van der Waals surface area contributed by atoms with Gasteiger partial charge in [0.1, 0.15) is 5.82 Å². The minimum atomic E-state index is 0.682. The number of ether oxygens (including phenoxy) is 2. The van der Waals surface area contributed by atoms with Crippen LogP contribution in [0.5, 0.6) is 0 Å². The first kappa shape index (κ1) is 18.6. The first-order valence-corrected chi connectivity index (χ1v) is 9.68. The van der Waals surface area contributed by atoms with Gasteiger partial charge in [-0.05, 0) is 12.5 Å². The van der Waals surface area contributed by atoms with Crippen LogP contribution in [-0.4, -0.2) is 68.8 Å². The van der Waals surface area contributed by atoms with E-state index in [1.54, 1.807) is 6.21 Å². The third-order valence-electron chi connectivity index (χ3n) is 4.80. The lowest BCUT2D eigenvalue weighted by Gasteiger charge is -2.31. The van der Waals surface area contributed by atoms with Crippen LogP contribution in [0.1, 0.15) is 11.1 Å². The number of nitrogens with zero attached hydrogens (tertiary/aromatic N) is 5. The van der Waals surface area contributed by atoms with Crippen LogP contribution in [0.25, 0.3) is 0 Å². The molecule has 0 amide bonds. The summed E-state index contributed by atoms with van der Waals surface area (Å²) < 4.78 is 10.9. The Morgan fingerprint density at radius 3 is 2.25 bits per heavy atom. The summed E-state index contributed by atoms with van der Waals surface area (Å²) in [6, 6.07) is 10.2. The normalized spacial score (nSPS) is 17.9. The molecule has 0 spiro atoms. The molecule has 0 unspecified atom stereocenters. The van der Waals surface area contributed by atoms with E-state index in [4.69, 9.17) is 14.5 Å². The van der Waals surface area contributed by atoms with Gasteiger partial charge in [0, 0.05) is 32.2 Å². The number of hydrogen-bond acceptors (Lipinski definition) is 8. The monoisotopic (exact) mass is 382 g/mol. The van der Waals surface area contributed by atoms with Gasteiger partial charge < -0.3 is 19.3 Å². The van der Waals surface area contributed by atoms with Gasteiger partial charge in [0.15, 0.2) is 5.82 Å². The maximum Gasteiger partial charge on any atom is 0.229 e. The molecule has 8 nitrogen and oxygen atoms in total. The molecule has 0 radical (unpaired) electrons. The highest BCUT2D eigenvalue weighted by Crippen LogP contribution is 2.22. The molecule has 0 saturated carbocycles. The highest BCUT2D eigenvalue weighted by molar-refractivity contribution is 5.80. The van der Waals surface area contributed by atoms with E-state index in [9.17, 15) is 0 Å². The van der Waals surface area contributed by atoms with Gasteiger partial charge >= 0.3 is 0 Å². The number of anilines is 3. The summed E-state index contributed by atoms with van der Waals surface area (Å²) in [4.78, 5) is 13.8. The Labute approximate surface area is 165 Å². The van der Waals surface area contributed by atoms with Crippen molar-refractivity contribution in [2.24, 2.45) is 5.10 Å². The second kappa shape index (κ2) is 8.99. The quantitative estimate of drug-likeness (QED) is 0.625. The Hall–Kier alpha value is -2.71. The molecule has 0 bridgehead atoms. The number of aromatic nitrogens is 2. The molecule has 3 heterocycles. The molecule has 1 aromatic carbocycles. The molecule has 2 aliphatic rings. The fourth-order valence-electron chi connectivity index (χ4n) is 3.16. The van der Waals surface area contributed by atoms with Crippen LogP contribution in [0.2, 0.25) is 0 Å².